The Bertz CT molecular complexity index is 936. The van der Waals surface area contributed by atoms with Gasteiger partial charge in [0.25, 0.3) is 5.91 Å². The van der Waals surface area contributed by atoms with Crippen molar-refractivity contribution in [3.63, 3.8) is 0 Å². The van der Waals surface area contributed by atoms with Crippen LogP contribution in [0.5, 0.6) is 0 Å². The highest BCUT2D eigenvalue weighted by molar-refractivity contribution is 6.14. The number of esters is 1. The molecule has 0 spiro atoms. The molecular formula is C23H31N3O4. The first-order valence-corrected chi connectivity index (χ1v) is 10.5. The normalized spacial score (nSPS) is 16.2. The second-order valence-corrected chi connectivity index (χ2v) is 9.09. The summed E-state index contributed by atoms with van der Waals surface area (Å²) < 4.78 is 11.2. The Balaban J connectivity index is 1.80. The molecule has 1 heterocycles. The molecule has 3 rings (SSSR count). The summed E-state index contributed by atoms with van der Waals surface area (Å²) in [5.41, 5.74) is 6.20. The molecule has 1 amide bonds. The third kappa shape index (κ3) is 5.01. The van der Waals surface area contributed by atoms with E-state index in [2.05, 4.69) is 5.32 Å². The number of amides is 1. The van der Waals surface area contributed by atoms with Crippen LogP contribution in [-0.2, 0) is 9.53 Å². The van der Waals surface area contributed by atoms with Crippen LogP contribution in [-0.4, -0.2) is 29.9 Å². The average Bonchev–Trinajstić information content (AvgIpc) is 3.15. The van der Waals surface area contributed by atoms with Crippen molar-refractivity contribution in [1.29, 1.82) is 5.41 Å². The molecule has 7 nitrogen and oxygen atoms in total. The lowest BCUT2D eigenvalue weighted by Crippen LogP contribution is -2.46. The third-order valence-electron chi connectivity index (χ3n) is 5.71. The minimum absolute atomic E-state index is 0.0243. The molecule has 7 heteroatoms. The van der Waals surface area contributed by atoms with Gasteiger partial charge in [-0.15, -0.1) is 0 Å². The molecule has 1 unspecified atom stereocenters. The predicted molar refractivity (Wildman–Crippen MR) is 116 cm³/mol. The quantitative estimate of drug-likeness (QED) is 0.374. The second kappa shape index (κ2) is 8.90. The van der Waals surface area contributed by atoms with E-state index in [1.54, 1.807) is 18.2 Å². The highest BCUT2D eigenvalue weighted by atomic mass is 16.5. The lowest BCUT2D eigenvalue weighted by Gasteiger charge is -2.32. The number of hydrogen-bond acceptors (Lipinski definition) is 5. The van der Waals surface area contributed by atoms with Gasteiger partial charge in [0.15, 0.2) is 0 Å². The number of hydrogen-bond donors (Lipinski definition) is 3. The number of nitrogens with two attached hydrogens (primary N) is 1. The zero-order chi connectivity index (χ0) is 21.9. The van der Waals surface area contributed by atoms with Gasteiger partial charge in [0.05, 0.1) is 18.2 Å². The lowest BCUT2D eigenvalue weighted by atomic mass is 9.84. The SMILES string of the molecule is CC(C)(C)C(CC(=O)OC1CCCCC1)NC(=O)c1c(C(=N)N)ccc2ccoc12. The Morgan fingerprint density at radius 1 is 1.23 bits per heavy atom. The van der Waals surface area contributed by atoms with Crippen LogP contribution in [0.2, 0.25) is 0 Å². The number of nitrogen functional groups attached to an aromatic ring is 1. The van der Waals surface area contributed by atoms with Crippen molar-refractivity contribution >= 4 is 28.7 Å². The molecule has 1 aromatic heterocycles. The van der Waals surface area contributed by atoms with Crippen molar-refractivity contribution in [2.75, 3.05) is 0 Å². The topological polar surface area (TPSA) is 118 Å². The number of furan rings is 1. The maximum Gasteiger partial charge on any atom is 0.308 e. The van der Waals surface area contributed by atoms with Crippen molar-refractivity contribution in [3.05, 3.63) is 35.6 Å². The van der Waals surface area contributed by atoms with Gasteiger partial charge in [-0.3, -0.25) is 15.0 Å². The average molecular weight is 414 g/mol. The first-order chi connectivity index (χ1) is 14.2. The molecular weight excluding hydrogens is 382 g/mol. The lowest BCUT2D eigenvalue weighted by molar-refractivity contribution is -0.151. The zero-order valence-corrected chi connectivity index (χ0v) is 17.9. The zero-order valence-electron chi connectivity index (χ0n) is 17.9. The smallest absolute Gasteiger partial charge is 0.308 e. The summed E-state index contributed by atoms with van der Waals surface area (Å²) in [5, 5.41) is 11.6. The molecule has 162 valence electrons. The maximum absolute atomic E-state index is 13.2. The molecule has 2 aromatic rings. The fraction of sp³-hybridized carbons (Fsp3) is 0.522. The summed E-state index contributed by atoms with van der Waals surface area (Å²) in [6.45, 7) is 5.89. The minimum Gasteiger partial charge on any atom is -0.463 e. The molecule has 0 saturated heterocycles. The summed E-state index contributed by atoms with van der Waals surface area (Å²) in [7, 11) is 0. The number of benzene rings is 1. The molecule has 0 radical (unpaired) electrons. The maximum atomic E-state index is 13.2. The fourth-order valence-electron chi connectivity index (χ4n) is 3.87. The minimum atomic E-state index is -0.453. The van der Waals surface area contributed by atoms with Gasteiger partial charge in [0.1, 0.15) is 17.5 Å². The largest absolute Gasteiger partial charge is 0.463 e. The van der Waals surface area contributed by atoms with E-state index < -0.39 is 11.9 Å². The van der Waals surface area contributed by atoms with E-state index in [9.17, 15) is 9.59 Å². The number of carbonyl (C=O) groups is 2. The summed E-state index contributed by atoms with van der Waals surface area (Å²) in [6, 6.07) is 4.69. The van der Waals surface area contributed by atoms with Crippen LogP contribution in [0.3, 0.4) is 0 Å². The van der Waals surface area contributed by atoms with Gasteiger partial charge in [-0.25, -0.2) is 0 Å². The molecule has 30 heavy (non-hydrogen) atoms. The van der Waals surface area contributed by atoms with Gasteiger partial charge in [0, 0.05) is 17.0 Å². The first kappa shape index (κ1) is 21.9. The fourth-order valence-corrected chi connectivity index (χ4v) is 3.87. The number of amidine groups is 1. The van der Waals surface area contributed by atoms with Crippen molar-refractivity contribution < 1.29 is 18.7 Å². The van der Waals surface area contributed by atoms with Crippen molar-refractivity contribution in [3.8, 4) is 0 Å². The van der Waals surface area contributed by atoms with Crippen LogP contribution >= 0.6 is 0 Å². The Kier molecular flexibility index (Phi) is 6.48. The number of carbonyl (C=O) groups excluding carboxylic acids is 2. The summed E-state index contributed by atoms with van der Waals surface area (Å²) >= 11 is 0. The molecule has 1 aliphatic carbocycles. The third-order valence-corrected chi connectivity index (χ3v) is 5.71. The number of rotatable bonds is 6. The number of fused-ring (bicyclic) bond motifs is 1. The summed E-state index contributed by atoms with van der Waals surface area (Å²) in [6.07, 6.45) is 6.71. The molecule has 0 bridgehead atoms. The summed E-state index contributed by atoms with van der Waals surface area (Å²) in [4.78, 5) is 25.8. The van der Waals surface area contributed by atoms with Crippen LogP contribution in [0.1, 0.15) is 75.2 Å². The Labute approximate surface area is 176 Å². The van der Waals surface area contributed by atoms with Crippen LogP contribution in [0, 0.1) is 10.8 Å². The van der Waals surface area contributed by atoms with Gasteiger partial charge >= 0.3 is 5.97 Å². The van der Waals surface area contributed by atoms with Gasteiger partial charge in [0.2, 0.25) is 0 Å². The van der Waals surface area contributed by atoms with E-state index in [4.69, 9.17) is 20.3 Å². The molecule has 1 aromatic carbocycles. The van der Waals surface area contributed by atoms with E-state index >= 15 is 0 Å². The van der Waals surface area contributed by atoms with E-state index in [1.807, 2.05) is 20.8 Å². The van der Waals surface area contributed by atoms with E-state index in [1.165, 1.54) is 12.7 Å². The molecule has 1 aliphatic rings. The highest BCUT2D eigenvalue weighted by Crippen LogP contribution is 2.27. The van der Waals surface area contributed by atoms with E-state index in [-0.39, 0.29) is 35.3 Å². The Morgan fingerprint density at radius 2 is 1.93 bits per heavy atom. The standard InChI is InChI=1S/C23H31N3O4/c1-23(2,3)17(13-18(27)30-15-7-5-4-6-8-15)26-22(28)19-16(21(24)25)10-9-14-11-12-29-20(14)19/h9-12,15,17H,4-8,13H2,1-3H3,(H3,24,25)(H,26,28). The number of ether oxygens (including phenoxy) is 1. The molecule has 1 fully saturated rings. The molecule has 1 atom stereocenters. The van der Waals surface area contributed by atoms with Crippen molar-refractivity contribution in [1.82, 2.24) is 5.32 Å². The second-order valence-electron chi connectivity index (χ2n) is 9.09. The van der Waals surface area contributed by atoms with Crippen LogP contribution in [0.25, 0.3) is 11.0 Å². The van der Waals surface area contributed by atoms with Crippen molar-refractivity contribution in [2.45, 2.75) is 71.4 Å². The van der Waals surface area contributed by atoms with Gasteiger partial charge < -0.3 is 20.2 Å². The van der Waals surface area contributed by atoms with E-state index in [0.29, 0.717) is 11.1 Å². The van der Waals surface area contributed by atoms with Gasteiger partial charge in [-0.05, 0) is 43.2 Å². The van der Waals surface area contributed by atoms with E-state index in [0.717, 1.165) is 31.1 Å². The van der Waals surface area contributed by atoms with Crippen molar-refractivity contribution in [2.24, 2.45) is 11.1 Å². The molecule has 0 aliphatic heterocycles. The van der Waals surface area contributed by atoms with Gasteiger partial charge in [-0.2, -0.15) is 0 Å². The summed E-state index contributed by atoms with van der Waals surface area (Å²) in [5.74, 6) is -0.946. The van der Waals surface area contributed by atoms with Gasteiger partial charge in [-0.1, -0.05) is 33.3 Å². The number of nitrogens with one attached hydrogen (secondary N) is 2. The first-order valence-electron chi connectivity index (χ1n) is 10.5. The van der Waals surface area contributed by atoms with Crippen LogP contribution in [0.15, 0.2) is 28.9 Å². The Hall–Kier alpha value is -2.83. The van der Waals surface area contributed by atoms with Crippen LogP contribution in [0.4, 0.5) is 0 Å². The monoisotopic (exact) mass is 413 g/mol. The molecule has 4 N–H and O–H groups in total. The van der Waals surface area contributed by atoms with Crippen LogP contribution < -0.4 is 11.1 Å². The predicted octanol–water partition coefficient (Wildman–Crippen LogP) is 4.13. The molecule has 1 saturated carbocycles. The Morgan fingerprint density at radius 3 is 2.57 bits per heavy atom. The highest BCUT2D eigenvalue weighted by Gasteiger charge is 2.32.